The monoisotopic (exact) mass is 185 g/mol. The summed E-state index contributed by atoms with van der Waals surface area (Å²) in [6, 6.07) is 1.85. The van der Waals surface area contributed by atoms with Crippen molar-refractivity contribution >= 4 is 5.82 Å². The Hall–Kier alpha value is -1.07. The van der Waals surface area contributed by atoms with E-state index in [4.69, 9.17) is 4.74 Å². The molecule has 1 rings (SSSR count). The zero-order valence-electron chi connectivity index (χ0n) is 7.90. The van der Waals surface area contributed by atoms with Gasteiger partial charge in [0.1, 0.15) is 5.82 Å². The molecule has 1 atom stereocenters. The number of nitrogens with one attached hydrogen (secondary N) is 1. The summed E-state index contributed by atoms with van der Waals surface area (Å²) in [5.41, 5.74) is 0. The van der Waals surface area contributed by atoms with Gasteiger partial charge in [-0.25, -0.2) is 0 Å². The molecule has 0 amide bonds. The molecular formula is C8H15N3O2. The molecule has 2 N–H and O–H groups in total. The fourth-order valence-corrected chi connectivity index (χ4v) is 0.983. The molecule has 13 heavy (non-hydrogen) atoms. The summed E-state index contributed by atoms with van der Waals surface area (Å²) in [5.74, 6) is 0.762. The fraction of sp³-hybridized carbons (Fsp3) is 0.625. The topological polar surface area (TPSA) is 59.3 Å². The Labute approximate surface area is 77.3 Å². The van der Waals surface area contributed by atoms with Gasteiger partial charge in [0.05, 0.1) is 12.7 Å². The summed E-state index contributed by atoms with van der Waals surface area (Å²) in [5, 5.41) is 16.4. The first kappa shape index (κ1) is 10.0. The Morgan fingerprint density at radius 3 is 3.08 bits per heavy atom. The van der Waals surface area contributed by atoms with Crippen molar-refractivity contribution < 1.29 is 9.84 Å². The molecule has 74 valence electrons. The van der Waals surface area contributed by atoms with Crippen molar-refractivity contribution in [1.29, 1.82) is 0 Å². The van der Waals surface area contributed by atoms with Gasteiger partial charge in [-0.05, 0) is 0 Å². The third-order valence-corrected chi connectivity index (χ3v) is 1.59. The molecule has 0 fully saturated rings. The third-order valence-electron chi connectivity index (χ3n) is 1.59. The summed E-state index contributed by atoms with van der Waals surface area (Å²) < 4.78 is 6.48. The highest BCUT2D eigenvalue weighted by Gasteiger charge is 2.03. The van der Waals surface area contributed by atoms with Gasteiger partial charge in [0.2, 0.25) is 0 Å². The number of hydrogen-bond acceptors (Lipinski definition) is 4. The summed E-state index contributed by atoms with van der Waals surface area (Å²) in [4.78, 5) is 0. The smallest absolute Gasteiger partial charge is 0.148 e. The van der Waals surface area contributed by atoms with Gasteiger partial charge in [-0.3, -0.25) is 4.68 Å². The maximum atomic E-state index is 9.30. The number of aryl methyl sites for hydroxylation is 1. The fourth-order valence-electron chi connectivity index (χ4n) is 0.983. The number of nitrogens with zero attached hydrogens (tertiary/aromatic N) is 2. The van der Waals surface area contributed by atoms with E-state index in [2.05, 4.69) is 10.4 Å². The summed E-state index contributed by atoms with van der Waals surface area (Å²) in [6.45, 7) is 0.782. The van der Waals surface area contributed by atoms with Gasteiger partial charge in [-0.1, -0.05) is 0 Å². The molecule has 0 radical (unpaired) electrons. The first-order chi connectivity index (χ1) is 6.22. The average Bonchev–Trinajstić information content (AvgIpc) is 2.49. The van der Waals surface area contributed by atoms with Crippen LogP contribution in [0.15, 0.2) is 12.3 Å². The second kappa shape index (κ2) is 4.84. The molecule has 1 heterocycles. The van der Waals surface area contributed by atoms with Gasteiger partial charge in [0.25, 0.3) is 0 Å². The lowest BCUT2D eigenvalue weighted by Crippen LogP contribution is -2.24. The number of hydrogen-bond donors (Lipinski definition) is 2. The van der Waals surface area contributed by atoms with Gasteiger partial charge < -0.3 is 15.2 Å². The molecule has 0 aliphatic carbocycles. The van der Waals surface area contributed by atoms with Crippen LogP contribution in [-0.4, -0.2) is 41.3 Å². The highest BCUT2D eigenvalue weighted by molar-refractivity contribution is 5.31. The number of aromatic nitrogens is 2. The number of aliphatic hydroxyl groups excluding tert-OH is 1. The van der Waals surface area contributed by atoms with Crippen molar-refractivity contribution in [3.05, 3.63) is 12.3 Å². The molecule has 1 aromatic rings. The van der Waals surface area contributed by atoms with Gasteiger partial charge >= 0.3 is 0 Å². The molecule has 0 aliphatic heterocycles. The molecule has 0 saturated carbocycles. The summed E-state index contributed by atoms with van der Waals surface area (Å²) in [7, 11) is 3.40. The summed E-state index contributed by atoms with van der Waals surface area (Å²) in [6.07, 6.45) is 1.34. The molecular weight excluding hydrogens is 170 g/mol. The first-order valence-corrected chi connectivity index (χ1v) is 4.13. The van der Waals surface area contributed by atoms with Crippen LogP contribution in [0.3, 0.4) is 0 Å². The molecule has 0 spiro atoms. The molecule has 1 unspecified atom stereocenters. The van der Waals surface area contributed by atoms with Crippen LogP contribution in [0.2, 0.25) is 0 Å². The van der Waals surface area contributed by atoms with Crippen LogP contribution >= 0.6 is 0 Å². The van der Waals surface area contributed by atoms with Crippen LogP contribution in [0, 0.1) is 0 Å². The number of anilines is 1. The van der Waals surface area contributed by atoms with Crippen LogP contribution in [0.5, 0.6) is 0 Å². The molecule has 5 heteroatoms. The molecule has 0 aliphatic rings. The standard InChI is InChI=1S/C8H15N3O2/c1-11-4-3-8(10-11)9-5-7(12)6-13-2/h3-4,7,12H,5-6H2,1-2H3,(H,9,10). The molecule has 0 aromatic carbocycles. The number of aliphatic hydroxyl groups is 1. The maximum Gasteiger partial charge on any atom is 0.148 e. The quantitative estimate of drug-likeness (QED) is 0.669. The molecule has 0 saturated heterocycles. The zero-order valence-corrected chi connectivity index (χ0v) is 7.90. The highest BCUT2D eigenvalue weighted by atomic mass is 16.5. The van der Waals surface area contributed by atoms with Gasteiger partial charge in [-0.2, -0.15) is 5.10 Å². The van der Waals surface area contributed by atoms with Crippen molar-refractivity contribution in [3.8, 4) is 0 Å². The van der Waals surface area contributed by atoms with Crippen LogP contribution < -0.4 is 5.32 Å². The summed E-state index contributed by atoms with van der Waals surface area (Å²) >= 11 is 0. The highest BCUT2D eigenvalue weighted by Crippen LogP contribution is 2.00. The predicted octanol–water partition coefficient (Wildman–Crippen LogP) is -0.161. The lowest BCUT2D eigenvalue weighted by molar-refractivity contribution is 0.0727. The van der Waals surface area contributed by atoms with Crippen LogP contribution in [0.1, 0.15) is 0 Å². The SMILES string of the molecule is COCC(O)CNc1ccn(C)n1. The van der Waals surface area contributed by atoms with Crippen LogP contribution in [0.4, 0.5) is 5.82 Å². The molecule has 0 bridgehead atoms. The third kappa shape index (κ3) is 3.43. The van der Waals surface area contributed by atoms with Crippen molar-refractivity contribution in [2.24, 2.45) is 7.05 Å². The lowest BCUT2D eigenvalue weighted by Gasteiger charge is -2.09. The number of rotatable bonds is 5. The minimum atomic E-state index is -0.494. The Balaban J connectivity index is 2.26. The van der Waals surface area contributed by atoms with Crippen LogP contribution in [-0.2, 0) is 11.8 Å². The zero-order chi connectivity index (χ0) is 9.68. The van der Waals surface area contributed by atoms with E-state index >= 15 is 0 Å². The van der Waals surface area contributed by atoms with E-state index in [1.165, 1.54) is 0 Å². The van der Waals surface area contributed by atoms with E-state index in [-0.39, 0.29) is 0 Å². The van der Waals surface area contributed by atoms with E-state index in [1.54, 1.807) is 11.8 Å². The predicted molar refractivity (Wildman–Crippen MR) is 49.6 cm³/mol. The molecule has 5 nitrogen and oxygen atoms in total. The molecule has 1 aromatic heterocycles. The van der Waals surface area contributed by atoms with Crippen molar-refractivity contribution in [1.82, 2.24) is 9.78 Å². The average molecular weight is 185 g/mol. The number of ether oxygens (including phenoxy) is 1. The van der Waals surface area contributed by atoms with Gasteiger partial charge in [0.15, 0.2) is 0 Å². The van der Waals surface area contributed by atoms with E-state index in [1.807, 2.05) is 19.3 Å². The van der Waals surface area contributed by atoms with E-state index in [0.29, 0.717) is 13.2 Å². The second-order valence-corrected chi connectivity index (χ2v) is 2.86. The first-order valence-electron chi connectivity index (χ1n) is 4.13. The minimum absolute atomic E-state index is 0.333. The van der Waals surface area contributed by atoms with E-state index in [0.717, 1.165) is 5.82 Å². The van der Waals surface area contributed by atoms with Gasteiger partial charge in [0, 0.05) is 33.0 Å². The second-order valence-electron chi connectivity index (χ2n) is 2.86. The van der Waals surface area contributed by atoms with Gasteiger partial charge in [-0.15, -0.1) is 0 Å². The largest absolute Gasteiger partial charge is 0.389 e. The van der Waals surface area contributed by atoms with E-state index < -0.39 is 6.10 Å². The van der Waals surface area contributed by atoms with Crippen molar-refractivity contribution in [2.45, 2.75) is 6.10 Å². The maximum absolute atomic E-state index is 9.30. The Kier molecular flexibility index (Phi) is 3.72. The van der Waals surface area contributed by atoms with E-state index in [9.17, 15) is 5.11 Å². The lowest BCUT2D eigenvalue weighted by atomic mass is 10.4. The normalized spacial score (nSPS) is 12.8. The van der Waals surface area contributed by atoms with Crippen molar-refractivity contribution in [2.75, 3.05) is 25.6 Å². The van der Waals surface area contributed by atoms with Crippen LogP contribution in [0.25, 0.3) is 0 Å². The minimum Gasteiger partial charge on any atom is -0.389 e. The Morgan fingerprint density at radius 2 is 2.54 bits per heavy atom. The Bertz CT molecular complexity index is 249. The number of methoxy groups -OCH3 is 1. The van der Waals surface area contributed by atoms with Crippen molar-refractivity contribution in [3.63, 3.8) is 0 Å². The Morgan fingerprint density at radius 1 is 1.77 bits per heavy atom.